The van der Waals surface area contributed by atoms with Gasteiger partial charge in [-0.3, -0.25) is 0 Å². The predicted octanol–water partition coefficient (Wildman–Crippen LogP) is 4.14. The molecule has 9 heteroatoms. The lowest BCUT2D eigenvalue weighted by atomic mass is 9.85. The number of rotatable bonds is 7. The number of benzene rings is 1. The Morgan fingerprint density at radius 2 is 1.97 bits per heavy atom. The van der Waals surface area contributed by atoms with Crippen LogP contribution in [0.25, 0.3) is 0 Å². The highest BCUT2D eigenvalue weighted by atomic mass is 19.4. The number of methoxy groups -OCH3 is 1. The Morgan fingerprint density at radius 3 is 2.52 bits per heavy atom. The molecule has 0 saturated carbocycles. The number of aromatic nitrogens is 1. The molecule has 0 bridgehead atoms. The van der Waals surface area contributed by atoms with E-state index in [1.165, 1.54) is 25.3 Å². The molecule has 2 rings (SSSR count). The minimum atomic E-state index is -5.04. The smallest absolute Gasteiger partial charge is 0.421 e. The molecule has 29 heavy (non-hydrogen) atoms. The van der Waals surface area contributed by atoms with E-state index in [0.717, 1.165) is 12.3 Å². The maximum atomic E-state index is 14.0. The first-order valence-corrected chi connectivity index (χ1v) is 8.85. The molecule has 158 valence electrons. The summed E-state index contributed by atoms with van der Waals surface area (Å²) in [6, 6.07) is 4.62. The topological polar surface area (TPSA) is 58.0 Å². The fourth-order valence-electron chi connectivity index (χ4n) is 2.75. The van der Waals surface area contributed by atoms with Gasteiger partial charge in [0.15, 0.2) is 5.60 Å². The van der Waals surface area contributed by atoms with Crippen LogP contribution in [0.3, 0.4) is 0 Å². The molecule has 1 N–H and O–H groups in total. The first kappa shape index (κ1) is 22.6. The molecule has 0 fully saturated rings. The van der Waals surface area contributed by atoms with Gasteiger partial charge in [0.1, 0.15) is 5.75 Å². The molecule has 5 nitrogen and oxygen atoms in total. The van der Waals surface area contributed by atoms with Crippen molar-refractivity contribution in [3.63, 3.8) is 0 Å². The lowest BCUT2D eigenvalue weighted by Crippen LogP contribution is -2.44. The van der Waals surface area contributed by atoms with Gasteiger partial charge in [-0.15, -0.1) is 0 Å². The number of nitrogens with zero attached hydrogens (tertiary/aromatic N) is 3. The van der Waals surface area contributed by atoms with Crippen LogP contribution in [-0.4, -0.2) is 48.2 Å². The third-order valence-electron chi connectivity index (χ3n) is 4.58. The minimum Gasteiger partial charge on any atom is -0.496 e. The standard InChI is InChI=1S/C20H23F4N3O2/c1-5-27(3)12-26-16-10-17(29-4)15(8-13(16)2)19(28,20(22,23)24)11-14-6-7-25-18(21)9-14/h6-10,12,28H,5,11H2,1-4H3/b26-12+. The number of aliphatic hydroxyl groups is 1. The second-order valence-corrected chi connectivity index (χ2v) is 6.68. The monoisotopic (exact) mass is 413 g/mol. The van der Waals surface area contributed by atoms with Gasteiger partial charge in [-0.1, -0.05) is 0 Å². The average molecular weight is 413 g/mol. The molecular formula is C20H23F4N3O2. The van der Waals surface area contributed by atoms with E-state index in [-0.39, 0.29) is 11.3 Å². The molecule has 0 aliphatic rings. The van der Waals surface area contributed by atoms with Crippen molar-refractivity contribution in [2.75, 3.05) is 20.7 Å². The first-order chi connectivity index (χ1) is 13.5. The summed E-state index contributed by atoms with van der Waals surface area (Å²) in [5.41, 5.74) is -2.98. The fourth-order valence-corrected chi connectivity index (χ4v) is 2.75. The van der Waals surface area contributed by atoms with Crippen LogP contribution in [0.15, 0.2) is 35.5 Å². The summed E-state index contributed by atoms with van der Waals surface area (Å²) >= 11 is 0. The van der Waals surface area contributed by atoms with Crippen molar-refractivity contribution in [1.29, 1.82) is 0 Å². The molecule has 0 saturated heterocycles. The Balaban J connectivity index is 2.59. The van der Waals surface area contributed by atoms with Crippen molar-refractivity contribution in [3.05, 3.63) is 53.1 Å². The van der Waals surface area contributed by atoms with E-state index in [2.05, 4.69) is 9.98 Å². The number of hydrogen-bond acceptors (Lipinski definition) is 4. The SMILES string of the molecule is CCN(C)/C=N/c1cc(OC)c(C(O)(Cc2ccnc(F)c2)C(F)(F)F)cc1C. The zero-order chi connectivity index (χ0) is 21.8. The summed E-state index contributed by atoms with van der Waals surface area (Å²) in [5, 5.41) is 10.8. The number of hydrogen-bond donors (Lipinski definition) is 1. The number of aryl methyl sites for hydroxylation is 1. The van der Waals surface area contributed by atoms with E-state index in [1.807, 2.05) is 6.92 Å². The molecule has 1 heterocycles. The van der Waals surface area contributed by atoms with Crippen molar-refractivity contribution in [1.82, 2.24) is 9.88 Å². The molecule has 0 aliphatic carbocycles. The van der Waals surface area contributed by atoms with Gasteiger partial charge in [-0.2, -0.15) is 17.6 Å². The largest absolute Gasteiger partial charge is 0.496 e. The van der Waals surface area contributed by atoms with Crippen molar-refractivity contribution in [2.45, 2.75) is 32.0 Å². The fraction of sp³-hybridized carbons (Fsp3) is 0.400. The maximum absolute atomic E-state index is 14.0. The van der Waals surface area contributed by atoms with Crippen LogP contribution in [0.1, 0.15) is 23.6 Å². The second-order valence-electron chi connectivity index (χ2n) is 6.68. The van der Waals surface area contributed by atoms with Gasteiger partial charge in [-0.25, -0.2) is 9.98 Å². The number of alkyl halides is 3. The third kappa shape index (κ3) is 5.03. The lowest BCUT2D eigenvalue weighted by Gasteiger charge is -2.32. The molecular weight excluding hydrogens is 390 g/mol. The molecule has 0 spiro atoms. The predicted molar refractivity (Wildman–Crippen MR) is 102 cm³/mol. The van der Waals surface area contributed by atoms with E-state index in [1.54, 1.807) is 25.2 Å². The van der Waals surface area contributed by atoms with E-state index in [0.29, 0.717) is 17.8 Å². The van der Waals surface area contributed by atoms with Crippen LogP contribution in [-0.2, 0) is 12.0 Å². The summed E-state index contributed by atoms with van der Waals surface area (Å²) in [4.78, 5) is 9.39. The zero-order valence-corrected chi connectivity index (χ0v) is 16.6. The Labute approximate surface area is 166 Å². The molecule has 1 aromatic heterocycles. The van der Waals surface area contributed by atoms with Crippen molar-refractivity contribution in [3.8, 4) is 5.75 Å². The Kier molecular flexibility index (Phi) is 6.84. The van der Waals surface area contributed by atoms with Crippen LogP contribution in [0.4, 0.5) is 23.2 Å². The second kappa shape index (κ2) is 8.77. The van der Waals surface area contributed by atoms with Gasteiger partial charge in [0.2, 0.25) is 5.95 Å². The van der Waals surface area contributed by atoms with Gasteiger partial charge < -0.3 is 14.7 Å². The summed E-state index contributed by atoms with van der Waals surface area (Å²) in [6.45, 7) is 4.21. The van der Waals surface area contributed by atoms with Gasteiger partial charge in [0.05, 0.1) is 19.1 Å². The zero-order valence-electron chi connectivity index (χ0n) is 16.6. The molecule has 1 unspecified atom stereocenters. The van der Waals surface area contributed by atoms with Crippen LogP contribution in [0, 0.1) is 12.9 Å². The number of aliphatic imine (C=N–C) groups is 1. The molecule has 0 amide bonds. The Bertz CT molecular complexity index is 887. The van der Waals surface area contributed by atoms with Gasteiger partial charge in [0.25, 0.3) is 0 Å². The number of pyridine rings is 1. The highest BCUT2D eigenvalue weighted by Crippen LogP contribution is 2.46. The van der Waals surface area contributed by atoms with Gasteiger partial charge >= 0.3 is 6.18 Å². The summed E-state index contributed by atoms with van der Waals surface area (Å²) in [7, 11) is 3.02. The van der Waals surface area contributed by atoms with Crippen LogP contribution in [0.2, 0.25) is 0 Å². The summed E-state index contributed by atoms with van der Waals surface area (Å²) < 4.78 is 60.4. The molecule has 1 aromatic carbocycles. The highest BCUT2D eigenvalue weighted by Gasteiger charge is 2.56. The summed E-state index contributed by atoms with van der Waals surface area (Å²) in [6.07, 6.45) is -3.34. The first-order valence-electron chi connectivity index (χ1n) is 8.85. The molecule has 0 radical (unpaired) electrons. The molecule has 2 aromatic rings. The maximum Gasteiger partial charge on any atom is 0.421 e. The number of ether oxygens (including phenoxy) is 1. The van der Waals surface area contributed by atoms with Crippen molar-refractivity contribution < 1.29 is 27.4 Å². The van der Waals surface area contributed by atoms with E-state index >= 15 is 0 Å². The highest BCUT2D eigenvalue weighted by molar-refractivity contribution is 5.65. The normalized spacial score (nSPS) is 14.1. The molecule has 0 aliphatic heterocycles. The van der Waals surface area contributed by atoms with E-state index < -0.39 is 29.7 Å². The quantitative estimate of drug-likeness (QED) is 0.321. The van der Waals surface area contributed by atoms with Crippen molar-refractivity contribution in [2.24, 2.45) is 4.99 Å². The Hall–Kier alpha value is -2.68. The van der Waals surface area contributed by atoms with E-state index in [4.69, 9.17) is 4.74 Å². The average Bonchev–Trinajstić information content (AvgIpc) is 2.65. The Morgan fingerprint density at radius 1 is 1.28 bits per heavy atom. The van der Waals surface area contributed by atoms with Crippen LogP contribution in [0.5, 0.6) is 5.75 Å². The van der Waals surface area contributed by atoms with Crippen LogP contribution >= 0.6 is 0 Å². The lowest BCUT2D eigenvalue weighted by molar-refractivity contribution is -0.266. The van der Waals surface area contributed by atoms with Gasteiger partial charge in [-0.05, 0) is 43.2 Å². The third-order valence-corrected chi connectivity index (χ3v) is 4.58. The van der Waals surface area contributed by atoms with Gasteiger partial charge in [0, 0.05) is 37.8 Å². The van der Waals surface area contributed by atoms with Crippen molar-refractivity contribution >= 4 is 12.0 Å². The molecule has 1 atom stereocenters. The minimum absolute atomic E-state index is 0.0521. The van der Waals surface area contributed by atoms with Crippen LogP contribution < -0.4 is 4.74 Å². The summed E-state index contributed by atoms with van der Waals surface area (Å²) in [5.74, 6) is -1.10. The van der Waals surface area contributed by atoms with E-state index in [9.17, 15) is 22.7 Å². The number of halogens is 4.